The summed E-state index contributed by atoms with van der Waals surface area (Å²) < 4.78 is 38.8. The van der Waals surface area contributed by atoms with E-state index < -0.39 is 18.2 Å². The molecule has 1 N–H and O–H groups in total. The number of H-pyrrole nitrogens is 1. The van der Waals surface area contributed by atoms with Crippen LogP contribution in [0.25, 0.3) is 27.8 Å². The molecule has 1 aliphatic rings. The number of likely N-dealkylation sites (tertiary alicyclic amines) is 1. The highest BCUT2D eigenvalue weighted by Gasteiger charge is 2.25. The Labute approximate surface area is 201 Å². The number of fused-ring (bicyclic) bond motifs is 1. The van der Waals surface area contributed by atoms with Crippen molar-refractivity contribution >= 4 is 10.9 Å². The maximum atomic E-state index is 14.3. The third-order valence-electron chi connectivity index (χ3n) is 6.46. The second-order valence-corrected chi connectivity index (χ2v) is 8.72. The molecule has 2 aromatic carbocycles. The van der Waals surface area contributed by atoms with Crippen molar-refractivity contribution in [3.05, 3.63) is 90.0 Å². The third-order valence-corrected chi connectivity index (χ3v) is 6.46. The normalized spacial score (nSPS) is 18.0. The molecular weight excluding hydrogens is 448 g/mol. The summed E-state index contributed by atoms with van der Waals surface area (Å²) in [6.07, 6.45) is 7.04. The van der Waals surface area contributed by atoms with Crippen LogP contribution in [0.1, 0.15) is 31.4 Å². The number of hydrogen-bond donors (Lipinski definition) is 1. The van der Waals surface area contributed by atoms with Gasteiger partial charge in [0.25, 0.3) is 0 Å². The highest BCUT2D eigenvalue weighted by Crippen LogP contribution is 2.30. The van der Waals surface area contributed by atoms with Crippen LogP contribution >= 0.6 is 0 Å². The molecule has 1 aliphatic heterocycles. The Bertz CT molecular complexity index is 1500. The predicted molar refractivity (Wildman–Crippen MR) is 128 cm³/mol. The fourth-order valence-electron chi connectivity index (χ4n) is 4.65. The van der Waals surface area contributed by atoms with Gasteiger partial charge < -0.3 is 0 Å². The molecule has 0 amide bonds. The minimum absolute atomic E-state index is 0.0141. The standard InChI is InChI=1S/C26H23F2N7/c27-22-4-1-5-23(28)21(22)15-34-12-2-3-18(14-34)25-16-35(33-31-25)19-6-7-24-20(13-19)26(32-30-24)17-8-10-29-11-9-17/h1,4-11,13,16,18H,2-3,12,14-15H2,(H,30,32)/t18-/m1/s1/i15D/t15?,18-. The van der Waals surface area contributed by atoms with Gasteiger partial charge in [0, 0.05) is 49.3 Å². The zero-order valence-corrected chi connectivity index (χ0v) is 18.8. The number of pyridine rings is 1. The smallest absolute Gasteiger partial charge is 0.130 e. The minimum Gasteiger partial charge on any atom is -0.298 e. The molecule has 176 valence electrons. The van der Waals surface area contributed by atoms with Gasteiger partial charge in [0.15, 0.2) is 0 Å². The molecule has 0 saturated carbocycles. The number of nitrogens with one attached hydrogen (secondary N) is 1. The van der Waals surface area contributed by atoms with E-state index >= 15 is 0 Å². The van der Waals surface area contributed by atoms with Crippen molar-refractivity contribution in [2.75, 3.05) is 13.1 Å². The molecule has 1 unspecified atom stereocenters. The van der Waals surface area contributed by atoms with E-state index in [1.807, 2.05) is 36.5 Å². The Hall–Kier alpha value is -3.98. The first-order chi connectivity index (χ1) is 17.6. The summed E-state index contributed by atoms with van der Waals surface area (Å²) in [5.74, 6) is -1.37. The van der Waals surface area contributed by atoms with Gasteiger partial charge in [0.2, 0.25) is 0 Å². The highest BCUT2D eigenvalue weighted by molar-refractivity contribution is 5.94. The lowest BCUT2D eigenvalue weighted by Crippen LogP contribution is -2.34. The van der Waals surface area contributed by atoms with Crippen LogP contribution < -0.4 is 0 Å². The van der Waals surface area contributed by atoms with Gasteiger partial charge in [-0.2, -0.15) is 5.10 Å². The molecule has 3 aromatic heterocycles. The van der Waals surface area contributed by atoms with Crippen LogP contribution in [0, 0.1) is 11.6 Å². The van der Waals surface area contributed by atoms with E-state index in [1.165, 1.54) is 18.2 Å². The van der Waals surface area contributed by atoms with Crippen molar-refractivity contribution in [3.8, 4) is 16.9 Å². The maximum Gasteiger partial charge on any atom is 0.130 e. The maximum absolute atomic E-state index is 14.3. The number of rotatable bonds is 5. The fraction of sp³-hybridized carbons (Fsp3) is 0.231. The lowest BCUT2D eigenvalue weighted by Gasteiger charge is -2.31. The Morgan fingerprint density at radius 1 is 1.09 bits per heavy atom. The number of aromatic nitrogens is 6. The van der Waals surface area contributed by atoms with Gasteiger partial charge in [-0.05, 0) is 61.9 Å². The topological polar surface area (TPSA) is 75.5 Å². The molecule has 7 nitrogen and oxygen atoms in total. The molecule has 1 fully saturated rings. The molecule has 0 radical (unpaired) electrons. The molecule has 6 rings (SSSR count). The first-order valence-electron chi connectivity index (χ1n) is 12.1. The van der Waals surface area contributed by atoms with Crippen molar-refractivity contribution in [1.29, 1.82) is 0 Å². The largest absolute Gasteiger partial charge is 0.298 e. The first-order valence-corrected chi connectivity index (χ1v) is 11.5. The Kier molecular flexibility index (Phi) is 5.24. The highest BCUT2D eigenvalue weighted by atomic mass is 19.1. The summed E-state index contributed by atoms with van der Waals surface area (Å²) >= 11 is 0. The molecule has 9 heteroatoms. The Morgan fingerprint density at radius 3 is 2.74 bits per heavy atom. The zero-order valence-electron chi connectivity index (χ0n) is 19.8. The number of piperidine rings is 1. The fourth-order valence-corrected chi connectivity index (χ4v) is 4.65. The summed E-state index contributed by atoms with van der Waals surface area (Å²) in [5.41, 5.74) is 4.14. The van der Waals surface area contributed by atoms with Gasteiger partial charge in [0.05, 0.1) is 23.1 Å². The second kappa shape index (κ2) is 8.99. The summed E-state index contributed by atoms with van der Waals surface area (Å²) in [6.45, 7) is -0.0334. The van der Waals surface area contributed by atoms with E-state index in [4.69, 9.17) is 1.37 Å². The summed E-state index contributed by atoms with van der Waals surface area (Å²) in [6, 6.07) is 13.5. The van der Waals surface area contributed by atoms with Gasteiger partial charge in [-0.25, -0.2) is 13.5 Å². The van der Waals surface area contributed by atoms with Crippen molar-refractivity contribution in [3.63, 3.8) is 0 Å². The number of aromatic amines is 1. The quantitative estimate of drug-likeness (QED) is 0.395. The van der Waals surface area contributed by atoms with Crippen LogP contribution in [0.2, 0.25) is 0 Å². The van der Waals surface area contributed by atoms with Gasteiger partial charge in [-0.15, -0.1) is 5.10 Å². The lowest BCUT2D eigenvalue weighted by atomic mass is 9.95. The van der Waals surface area contributed by atoms with Crippen LogP contribution in [-0.2, 0) is 6.52 Å². The van der Waals surface area contributed by atoms with Crippen molar-refractivity contribution in [1.82, 2.24) is 35.1 Å². The number of nitrogens with zero attached hydrogens (tertiary/aromatic N) is 6. The van der Waals surface area contributed by atoms with Gasteiger partial charge in [0.1, 0.15) is 17.3 Å². The first kappa shape index (κ1) is 20.4. The van der Waals surface area contributed by atoms with Crippen molar-refractivity contribution in [2.24, 2.45) is 0 Å². The lowest BCUT2D eigenvalue weighted by molar-refractivity contribution is 0.194. The average molecular weight is 473 g/mol. The third kappa shape index (κ3) is 4.19. The average Bonchev–Trinajstić information content (AvgIpc) is 3.57. The Morgan fingerprint density at radius 2 is 1.91 bits per heavy atom. The number of hydrogen-bond acceptors (Lipinski definition) is 5. The monoisotopic (exact) mass is 472 g/mol. The summed E-state index contributed by atoms with van der Waals surface area (Å²) in [5, 5.41) is 17.3. The molecule has 0 bridgehead atoms. The van der Waals surface area contributed by atoms with Crippen LogP contribution in [-0.4, -0.2) is 48.2 Å². The van der Waals surface area contributed by atoms with Crippen LogP contribution in [0.4, 0.5) is 8.78 Å². The molecule has 4 heterocycles. The van der Waals surface area contributed by atoms with E-state index in [9.17, 15) is 8.78 Å². The molecular formula is C26H23F2N7. The van der Waals surface area contributed by atoms with Gasteiger partial charge >= 0.3 is 0 Å². The SMILES string of the molecule is [2H]C(c1c(F)cccc1F)N1CCC[C@@H](c2cn(-c3ccc4[nH]nc(-c5ccncc5)c4c3)nn2)C1. The summed E-state index contributed by atoms with van der Waals surface area (Å²) in [7, 11) is 0. The van der Waals surface area contributed by atoms with Crippen LogP contribution in [0.5, 0.6) is 0 Å². The number of benzene rings is 2. The van der Waals surface area contributed by atoms with E-state index in [-0.39, 0.29) is 11.5 Å². The predicted octanol–water partition coefficient (Wildman–Crippen LogP) is 4.86. The van der Waals surface area contributed by atoms with Crippen molar-refractivity contribution in [2.45, 2.75) is 25.3 Å². The van der Waals surface area contributed by atoms with Gasteiger partial charge in [-0.1, -0.05) is 11.3 Å². The number of halogens is 2. The summed E-state index contributed by atoms with van der Waals surface area (Å²) in [4.78, 5) is 5.88. The molecule has 5 aromatic rings. The Balaban J connectivity index is 1.25. The van der Waals surface area contributed by atoms with Crippen molar-refractivity contribution < 1.29 is 10.2 Å². The van der Waals surface area contributed by atoms with Crippen LogP contribution in [0.15, 0.2) is 67.1 Å². The van der Waals surface area contributed by atoms with E-state index in [0.29, 0.717) is 13.1 Å². The molecule has 2 atom stereocenters. The molecule has 1 saturated heterocycles. The van der Waals surface area contributed by atoms with E-state index in [0.717, 1.165) is 46.4 Å². The van der Waals surface area contributed by atoms with Crippen LogP contribution in [0.3, 0.4) is 0 Å². The molecule has 0 aliphatic carbocycles. The van der Waals surface area contributed by atoms with E-state index in [2.05, 4.69) is 25.5 Å². The zero-order chi connectivity index (χ0) is 24.6. The molecule has 0 spiro atoms. The van der Waals surface area contributed by atoms with Gasteiger partial charge in [-0.3, -0.25) is 15.0 Å². The minimum atomic E-state index is -1.11. The second-order valence-electron chi connectivity index (χ2n) is 8.72. The molecule has 35 heavy (non-hydrogen) atoms. The van der Waals surface area contributed by atoms with E-state index in [1.54, 1.807) is 22.0 Å².